The average Bonchev–Trinajstić information content (AvgIpc) is 3.08. The lowest BCUT2D eigenvalue weighted by molar-refractivity contribution is -0.385. The highest BCUT2D eigenvalue weighted by Crippen LogP contribution is 2.23. The van der Waals surface area contributed by atoms with Gasteiger partial charge in [0.15, 0.2) is 0 Å². The van der Waals surface area contributed by atoms with Gasteiger partial charge in [-0.05, 0) is 22.6 Å². The zero-order valence-electron chi connectivity index (χ0n) is 16.0. The molecule has 1 aromatic heterocycles. The van der Waals surface area contributed by atoms with E-state index in [9.17, 15) is 14.9 Å². The van der Waals surface area contributed by atoms with E-state index in [4.69, 9.17) is 0 Å². The van der Waals surface area contributed by atoms with Crippen molar-refractivity contribution in [2.75, 3.05) is 5.32 Å². The second kappa shape index (κ2) is 7.64. The number of nitro benzene ring substituents is 1. The number of nitrogens with zero attached hydrogens (tertiary/aromatic N) is 3. The van der Waals surface area contributed by atoms with Crippen LogP contribution < -0.4 is 5.32 Å². The number of carbonyl (C=O) groups excluding carboxylic acids is 1. The maximum Gasteiger partial charge on any atom is 0.282 e. The molecule has 2 aromatic carbocycles. The van der Waals surface area contributed by atoms with Crippen LogP contribution in [0.3, 0.4) is 0 Å². The quantitative estimate of drug-likeness (QED) is 0.527. The monoisotopic (exact) mass is 378 g/mol. The molecular formula is C21H22N4O3. The van der Waals surface area contributed by atoms with E-state index in [0.717, 1.165) is 5.56 Å². The first-order valence-corrected chi connectivity index (χ1v) is 8.92. The Morgan fingerprint density at radius 2 is 1.79 bits per heavy atom. The fourth-order valence-electron chi connectivity index (χ4n) is 2.86. The number of hydrogen-bond acceptors (Lipinski definition) is 4. The molecule has 1 amide bonds. The number of nitro groups is 1. The number of carbonyl (C=O) groups is 1. The molecule has 0 radical (unpaired) electrons. The molecule has 0 saturated heterocycles. The van der Waals surface area contributed by atoms with Gasteiger partial charge in [0.25, 0.3) is 11.6 Å². The molecule has 0 spiro atoms. The minimum atomic E-state index is -0.566. The Kier molecular flexibility index (Phi) is 5.26. The largest absolute Gasteiger partial charge is 0.307 e. The Hall–Kier alpha value is -3.48. The van der Waals surface area contributed by atoms with Gasteiger partial charge in [0.2, 0.25) is 0 Å². The number of hydrogen-bond donors (Lipinski definition) is 1. The molecule has 0 saturated carbocycles. The van der Waals surface area contributed by atoms with Gasteiger partial charge in [-0.25, -0.2) is 4.68 Å². The highest BCUT2D eigenvalue weighted by molar-refractivity contribution is 6.06. The summed E-state index contributed by atoms with van der Waals surface area (Å²) >= 11 is 0. The fraction of sp³-hybridized carbons (Fsp3) is 0.238. The Balaban J connectivity index is 1.78. The second-order valence-electron chi connectivity index (χ2n) is 7.55. The summed E-state index contributed by atoms with van der Waals surface area (Å²) < 4.78 is 1.65. The lowest BCUT2D eigenvalue weighted by Crippen LogP contribution is -2.17. The van der Waals surface area contributed by atoms with E-state index in [1.165, 1.54) is 23.8 Å². The number of benzene rings is 2. The van der Waals surface area contributed by atoms with Crippen LogP contribution in [0.1, 0.15) is 42.3 Å². The van der Waals surface area contributed by atoms with Crippen LogP contribution in [0, 0.1) is 10.1 Å². The zero-order chi connectivity index (χ0) is 20.3. The summed E-state index contributed by atoms with van der Waals surface area (Å²) in [5.74, 6) is -0.0693. The van der Waals surface area contributed by atoms with Crippen molar-refractivity contribution in [3.8, 4) is 0 Å². The molecule has 7 heteroatoms. The Bertz CT molecular complexity index is 1000. The van der Waals surface area contributed by atoms with Crippen LogP contribution in [-0.2, 0) is 12.0 Å². The van der Waals surface area contributed by atoms with Crippen LogP contribution in [0.25, 0.3) is 0 Å². The summed E-state index contributed by atoms with van der Waals surface area (Å²) in [4.78, 5) is 23.1. The zero-order valence-corrected chi connectivity index (χ0v) is 16.0. The third-order valence-corrected chi connectivity index (χ3v) is 4.46. The molecule has 0 aliphatic heterocycles. The molecule has 7 nitrogen and oxygen atoms in total. The lowest BCUT2D eigenvalue weighted by Gasteiger charge is -2.19. The maximum absolute atomic E-state index is 12.5. The first-order valence-electron chi connectivity index (χ1n) is 8.92. The van der Waals surface area contributed by atoms with Gasteiger partial charge >= 0.3 is 0 Å². The van der Waals surface area contributed by atoms with Crippen molar-refractivity contribution in [1.29, 1.82) is 0 Å². The van der Waals surface area contributed by atoms with Gasteiger partial charge < -0.3 is 5.32 Å². The summed E-state index contributed by atoms with van der Waals surface area (Å²) in [6.07, 6.45) is 1.58. The first-order chi connectivity index (χ1) is 13.3. The van der Waals surface area contributed by atoms with Gasteiger partial charge in [0.1, 0.15) is 11.4 Å². The molecule has 144 valence electrons. The summed E-state index contributed by atoms with van der Waals surface area (Å²) in [5, 5.41) is 18.1. The first kappa shape index (κ1) is 19.3. The van der Waals surface area contributed by atoms with Crippen LogP contribution in [0.2, 0.25) is 0 Å². The number of nitrogens with one attached hydrogen (secondary N) is 1. The predicted octanol–water partition coefficient (Wildman–Crippen LogP) is 4.39. The number of amides is 1. The van der Waals surface area contributed by atoms with E-state index in [1.54, 1.807) is 23.0 Å². The Labute approximate surface area is 163 Å². The van der Waals surface area contributed by atoms with Crippen molar-refractivity contribution >= 4 is 17.4 Å². The minimum Gasteiger partial charge on any atom is -0.307 e. The highest BCUT2D eigenvalue weighted by atomic mass is 16.6. The number of para-hydroxylation sites is 1. The molecule has 1 N–H and O–H groups in total. The van der Waals surface area contributed by atoms with Crippen LogP contribution in [0.15, 0.2) is 60.8 Å². The maximum atomic E-state index is 12.5. The molecule has 3 aromatic rings. The Morgan fingerprint density at radius 1 is 1.11 bits per heavy atom. The van der Waals surface area contributed by atoms with Crippen LogP contribution in [0.4, 0.5) is 11.5 Å². The van der Waals surface area contributed by atoms with Crippen molar-refractivity contribution in [2.45, 2.75) is 32.7 Å². The van der Waals surface area contributed by atoms with Crippen LogP contribution in [-0.4, -0.2) is 20.6 Å². The van der Waals surface area contributed by atoms with Crippen molar-refractivity contribution in [2.24, 2.45) is 0 Å². The molecule has 0 unspecified atom stereocenters. The lowest BCUT2D eigenvalue weighted by atomic mass is 9.87. The van der Waals surface area contributed by atoms with Crippen LogP contribution >= 0.6 is 0 Å². The molecular weight excluding hydrogens is 356 g/mol. The van der Waals surface area contributed by atoms with Crippen molar-refractivity contribution in [3.05, 3.63) is 87.6 Å². The summed E-state index contributed by atoms with van der Waals surface area (Å²) in [6.45, 7) is 6.95. The predicted molar refractivity (Wildman–Crippen MR) is 108 cm³/mol. The molecule has 3 rings (SSSR count). The third-order valence-electron chi connectivity index (χ3n) is 4.46. The van der Waals surface area contributed by atoms with E-state index in [2.05, 4.69) is 43.3 Å². The minimum absolute atomic E-state index is 0.00906. The van der Waals surface area contributed by atoms with E-state index in [0.29, 0.717) is 12.4 Å². The fourth-order valence-corrected chi connectivity index (χ4v) is 2.86. The molecule has 0 aliphatic rings. The molecule has 0 fully saturated rings. The van der Waals surface area contributed by atoms with E-state index >= 15 is 0 Å². The molecule has 0 atom stereocenters. The topological polar surface area (TPSA) is 90.1 Å². The average molecular weight is 378 g/mol. The van der Waals surface area contributed by atoms with Crippen LogP contribution in [0.5, 0.6) is 0 Å². The summed E-state index contributed by atoms with van der Waals surface area (Å²) in [5.41, 5.74) is 2.13. The van der Waals surface area contributed by atoms with Gasteiger partial charge in [-0.1, -0.05) is 57.2 Å². The van der Waals surface area contributed by atoms with E-state index in [1.807, 2.05) is 12.1 Å². The van der Waals surface area contributed by atoms with E-state index in [-0.39, 0.29) is 16.7 Å². The van der Waals surface area contributed by atoms with Gasteiger partial charge in [0.05, 0.1) is 17.7 Å². The number of aromatic nitrogens is 2. The third kappa shape index (κ3) is 4.25. The SMILES string of the molecule is CC(C)(C)c1ccc(Cn2nccc2NC(=O)c2ccccc2[N+](=O)[O-])cc1. The van der Waals surface area contributed by atoms with Gasteiger partial charge in [-0.2, -0.15) is 5.10 Å². The smallest absolute Gasteiger partial charge is 0.282 e. The molecule has 28 heavy (non-hydrogen) atoms. The van der Waals surface area contributed by atoms with Crippen molar-refractivity contribution in [1.82, 2.24) is 9.78 Å². The van der Waals surface area contributed by atoms with Gasteiger partial charge in [0, 0.05) is 12.1 Å². The summed E-state index contributed by atoms with van der Waals surface area (Å²) in [7, 11) is 0. The summed E-state index contributed by atoms with van der Waals surface area (Å²) in [6, 6.07) is 15.8. The van der Waals surface area contributed by atoms with Crippen molar-refractivity contribution in [3.63, 3.8) is 0 Å². The van der Waals surface area contributed by atoms with Gasteiger partial charge in [-0.15, -0.1) is 0 Å². The highest BCUT2D eigenvalue weighted by Gasteiger charge is 2.20. The van der Waals surface area contributed by atoms with E-state index < -0.39 is 10.8 Å². The number of anilines is 1. The molecule has 0 bridgehead atoms. The molecule has 0 aliphatic carbocycles. The molecule has 1 heterocycles. The normalized spacial score (nSPS) is 11.2. The van der Waals surface area contributed by atoms with Crippen molar-refractivity contribution < 1.29 is 9.72 Å². The Morgan fingerprint density at radius 3 is 2.43 bits per heavy atom. The standard InChI is InChI=1S/C21H22N4O3/c1-21(2,3)16-10-8-15(9-11-16)14-24-19(12-13-22-24)23-20(26)17-6-4-5-7-18(17)25(27)28/h4-13H,14H2,1-3H3,(H,23,26). The number of rotatable bonds is 5. The van der Waals surface area contributed by atoms with Gasteiger partial charge in [-0.3, -0.25) is 14.9 Å². The second-order valence-corrected chi connectivity index (χ2v) is 7.55.